The Bertz CT molecular complexity index is 349. The van der Waals surface area contributed by atoms with E-state index in [9.17, 15) is 4.79 Å². The van der Waals surface area contributed by atoms with Gasteiger partial charge in [0, 0.05) is 23.9 Å². The fourth-order valence-corrected chi connectivity index (χ4v) is 1.81. The first kappa shape index (κ1) is 12.5. The van der Waals surface area contributed by atoms with Crippen LogP contribution in [0.2, 0.25) is 0 Å². The molecule has 1 heterocycles. The fourth-order valence-electron chi connectivity index (χ4n) is 1.18. The number of nitrogens with one attached hydrogen (secondary N) is 1. The highest BCUT2D eigenvalue weighted by molar-refractivity contribution is 7.08. The smallest absolute Gasteiger partial charge is 0.252 e. The maximum atomic E-state index is 11.5. The lowest BCUT2D eigenvalue weighted by Crippen LogP contribution is -2.24. The van der Waals surface area contributed by atoms with Gasteiger partial charge < -0.3 is 16.3 Å². The van der Waals surface area contributed by atoms with E-state index < -0.39 is 0 Å². The Morgan fingerprint density at radius 1 is 1.56 bits per heavy atom. The Labute approximate surface area is 98.0 Å². The predicted octanol–water partition coefficient (Wildman–Crippen LogP) is 1.39. The van der Waals surface area contributed by atoms with Crippen LogP contribution in [0, 0.1) is 0 Å². The second-order valence-electron chi connectivity index (χ2n) is 3.32. The van der Waals surface area contributed by atoms with Crippen LogP contribution < -0.4 is 11.1 Å². The zero-order valence-corrected chi connectivity index (χ0v) is 9.67. The van der Waals surface area contributed by atoms with Crippen LogP contribution >= 0.6 is 11.3 Å². The number of thiophene rings is 1. The number of carbonyl (C=O) groups is 1. The highest BCUT2D eigenvalue weighted by atomic mass is 32.1. The summed E-state index contributed by atoms with van der Waals surface area (Å²) in [4.78, 5) is 11.5. The molecular formula is C10H15N3O2S. The van der Waals surface area contributed by atoms with Crippen LogP contribution in [0.1, 0.15) is 29.6 Å². The molecule has 0 unspecified atom stereocenters. The summed E-state index contributed by atoms with van der Waals surface area (Å²) in [6.07, 6.45) is 2.15. The number of carbonyl (C=O) groups excluding carboxylic acids is 1. The van der Waals surface area contributed by atoms with Gasteiger partial charge in [-0.3, -0.25) is 4.79 Å². The Morgan fingerprint density at radius 3 is 3.00 bits per heavy atom. The van der Waals surface area contributed by atoms with E-state index in [0.29, 0.717) is 18.5 Å². The van der Waals surface area contributed by atoms with Crippen LogP contribution in [0.5, 0.6) is 0 Å². The lowest BCUT2D eigenvalue weighted by atomic mass is 10.2. The first-order valence-electron chi connectivity index (χ1n) is 5.01. The van der Waals surface area contributed by atoms with Gasteiger partial charge in [-0.05, 0) is 24.3 Å². The highest BCUT2D eigenvalue weighted by Crippen LogP contribution is 2.05. The van der Waals surface area contributed by atoms with Gasteiger partial charge in [0.15, 0.2) is 0 Å². The zero-order chi connectivity index (χ0) is 11.8. The maximum Gasteiger partial charge on any atom is 0.252 e. The van der Waals surface area contributed by atoms with E-state index in [0.717, 1.165) is 12.8 Å². The van der Waals surface area contributed by atoms with Gasteiger partial charge in [-0.25, -0.2) is 0 Å². The summed E-state index contributed by atoms with van der Waals surface area (Å²) in [7, 11) is 0. The van der Waals surface area contributed by atoms with Crippen LogP contribution in [0.25, 0.3) is 0 Å². The van der Waals surface area contributed by atoms with Crippen molar-refractivity contribution < 1.29 is 10.0 Å². The van der Waals surface area contributed by atoms with Gasteiger partial charge in [0.1, 0.15) is 5.84 Å². The molecule has 16 heavy (non-hydrogen) atoms. The lowest BCUT2D eigenvalue weighted by molar-refractivity contribution is 0.0953. The molecule has 0 aliphatic heterocycles. The Hall–Kier alpha value is -1.56. The Balaban J connectivity index is 2.10. The van der Waals surface area contributed by atoms with Gasteiger partial charge in [0.25, 0.3) is 5.91 Å². The van der Waals surface area contributed by atoms with Gasteiger partial charge in [-0.1, -0.05) is 5.16 Å². The lowest BCUT2D eigenvalue weighted by Gasteiger charge is -2.03. The van der Waals surface area contributed by atoms with E-state index >= 15 is 0 Å². The standard InChI is InChI=1S/C10H15N3O2S/c11-9(13-15)3-1-2-5-12-10(14)8-4-6-16-7-8/h4,6-7,15H,1-3,5H2,(H2,11,13)(H,12,14). The summed E-state index contributed by atoms with van der Waals surface area (Å²) in [6.45, 7) is 0.605. The number of hydrogen-bond acceptors (Lipinski definition) is 4. The maximum absolute atomic E-state index is 11.5. The van der Waals surface area contributed by atoms with Crippen molar-refractivity contribution in [3.05, 3.63) is 22.4 Å². The van der Waals surface area contributed by atoms with Gasteiger partial charge in [0.2, 0.25) is 0 Å². The molecule has 0 aliphatic carbocycles. The van der Waals surface area contributed by atoms with Crippen LogP contribution in [0.3, 0.4) is 0 Å². The normalized spacial score (nSPS) is 11.4. The second kappa shape index (κ2) is 6.84. The number of nitrogens with two attached hydrogens (primary N) is 1. The third-order valence-corrected chi connectivity index (χ3v) is 2.74. The number of amidine groups is 1. The van der Waals surface area contributed by atoms with E-state index in [-0.39, 0.29) is 11.7 Å². The van der Waals surface area contributed by atoms with Crippen molar-refractivity contribution in [2.75, 3.05) is 6.54 Å². The van der Waals surface area contributed by atoms with Crippen LogP contribution in [-0.4, -0.2) is 23.5 Å². The summed E-state index contributed by atoms with van der Waals surface area (Å²) < 4.78 is 0. The average molecular weight is 241 g/mol. The third kappa shape index (κ3) is 4.31. The largest absolute Gasteiger partial charge is 0.409 e. The number of amides is 1. The number of oxime groups is 1. The molecule has 0 aliphatic rings. The number of unbranched alkanes of at least 4 members (excludes halogenated alkanes) is 1. The molecule has 4 N–H and O–H groups in total. The summed E-state index contributed by atoms with van der Waals surface area (Å²) in [5.74, 6) is 0.175. The molecule has 5 nitrogen and oxygen atoms in total. The fraction of sp³-hybridized carbons (Fsp3) is 0.400. The molecule has 0 aromatic carbocycles. The Morgan fingerprint density at radius 2 is 2.38 bits per heavy atom. The number of rotatable bonds is 6. The van der Waals surface area contributed by atoms with Crippen molar-refractivity contribution in [2.45, 2.75) is 19.3 Å². The molecule has 0 saturated heterocycles. The monoisotopic (exact) mass is 241 g/mol. The first-order chi connectivity index (χ1) is 7.74. The molecular weight excluding hydrogens is 226 g/mol. The van der Waals surface area contributed by atoms with Crippen LogP contribution in [0.15, 0.2) is 22.0 Å². The summed E-state index contributed by atoms with van der Waals surface area (Å²) in [5, 5.41) is 17.7. The van der Waals surface area contributed by atoms with Crippen molar-refractivity contribution >= 4 is 23.1 Å². The molecule has 0 atom stereocenters. The van der Waals surface area contributed by atoms with Crippen molar-refractivity contribution in [3.8, 4) is 0 Å². The molecule has 0 radical (unpaired) electrons. The second-order valence-corrected chi connectivity index (χ2v) is 4.10. The van der Waals surface area contributed by atoms with E-state index in [1.807, 2.05) is 10.8 Å². The molecule has 0 bridgehead atoms. The van der Waals surface area contributed by atoms with Gasteiger partial charge in [-0.2, -0.15) is 11.3 Å². The molecule has 1 rings (SSSR count). The van der Waals surface area contributed by atoms with E-state index in [4.69, 9.17) is 10.9 Å². The SMILES string of the molecule is NC(CCCCNC(=O)c1ccsc1)=NO. The van der Waals surface area contributed by atoms with Gasteiger partial charge in [0.05, 0.1) is 0 Å². The molecule has 88 valence electrons. The van der Waals surface area contributed by atoms with Gasteiger partial charge in [-0.15, -0.1) is 0 Å². The van der Waals surface area contributed by atoms with Crippen LogP contribution in [-0.2, 0) is 0 Å². The minimum absolute atomic E-state index is 0.0509. The van der Waals surface area contributed by atoms with Crippen molar-refractivity contribution in [1.82, 2.24) is 5.32 Å². The number of hydrogen-bond donors (Lipinski definition) is 3. The predicted molar refractivity (Wildman–Crippen MR) is 63.9 cm³/mol. The highest BCUT2D eigenvalue weighted by Gasteiger charge is 2.03. The molecule has 0 spiro atoms. The number of nitrogens with zero attached hydrogens (tertiary/aromatic N) is 1. The minimum atomic E-state index is -0.0509. The zero-order valence-electron chi connectivity index (χ0n) is 8.85. The van der Waals surface area contributed by atoms with Crippen LogP contribution in [0.4, 0.5) is 0 Å². The van der Waals surface area contributed by atoms with Crippen molar-refractivity contribution in [2.24, 2.45) is 10.9 Å². The quantitative estimate of drug-likeness (QED) is 0.231. The first-order valence-corrected chi connectivity index (χ1v) is 5.95. The minimum Gasteiger partial charge on any atom is -0.409 e. The van der Waals surface area contributed by atoms with Crippen molar-refractivity contribution in [1.29, 1.82) is 0 Å². The summed E-state index contributed by atoms with van der Waals surface area (Å²) >= 11 is 1.50. The molecule has 1 amide bonds. The average Bonchev–Trinajstić information content (AvgIpc) is 2.81. The third-order valence-electron chi connectivity index (χ3n) is 2.06. The molecule has 1 aromatic rings. The van der Waals surface area contributed by atoms with Crippen molar-refractivity contribution in [3.63, 3.8) is 0 Å². The molecule has 6 heteroatoms. The Kier molecular flexibility index (Phi) is 5.35. The van der Waals surface area contributed by atoms with Gasteiger partial charge >= 0.3 is 0 Å². The topological polar surface area (TPSA) is 87.7 Å². The van der Waals surface area contributed by atoms with E-state index in [1.165, 1.54) is 11.3 Å². The molecule has 1 aromatic heterocycles. The summed E-state index contributed by atoms with van der Waals surface area (Å²) in [6, 6.07) is 1.79. The van der Waals surface area contributed by atoms with E-state index in [1.54, 1.807) is 6.07 Å². The molecule has 0 saturated carbocycles. The molecule has 0 fully saturated rings. The van der Waals surface area contributed by atoms with E-state index in [2.05, 4.69) is 10.5 Å². The summed E-state index contributed by atoms with van der Waals surface area (Å²) in [5.41, 5.74) is 6.00.